The molecule has 0 radical (unpaired) electrons. The summed E-state index contributed by atoms with van der Waals surface area (Å²) in [5.74, 6) is 0.142. The van der Waals surface area contributed by atoms with Crippen molar-refractivity contribution in [2.24, 2.45) is 11.3 Å². The average Bonchev–Trinajstić information content (AvgIpc) is 3.99. The number of likely N-dealkylation sites (tertiary alicyclic amines) is 1. The number of amides is 1. The molecule has 3 aromatic carbocycles. The van der Waals surface area contributed by atoms with Crippen molar-refractivity contribution in [3.63, 3.8) is 0 Å². The van der Waals surface area contributed by atoms with Gasteiger partial charge in [-0.05, 0) is 117 Å². The van der Waals surface area contributed by atoms with Crippen molar-refractivity contribution in [1.29, 1.82) is 5.26 Å². The molecule has 5 aliphatic rings. The number of hydrogen-bond donors (Lipinski definition) is 4. The zero-order valence-electron chi connectivity index (χ0n) is 38.7. The molecule has 68 heavy (non-hydrogen) atoms. The van der Waals surface area contributed by atoms with Crippen molar-refractivity contribution in [2.75, 3.05) is 43.0 Å². The number of pyridine rings is 1. The zero-order valence-corrected chi connectivity index (χ0v) is 39.5. The quantitative estimate of drug-likeness (QED) is 0.0721. The smallest absolute Gasteiger partial charge is 0.297 e. The van der Waals surface area contributed by atoms with Gasteiger partial charge in [-0.1, -0.05) is 44.5 Å². The number of aliphatic hydroxyl groups is 1. The number of nitrogens with zero attached hydrogens (tertiary/aromatic N) is 5. The molecular formula is C51H58N8O8S. The van der Waals surface area contributed by atoms with Crippen molar-refractivity contribution >= 4 is 44.0 Å². The highest BCUT2D eigenvalue weighted by molar-refractivity contribution is 7.90. The van der Waals surface area contributed by atoms with Gasteiger partial charge in [0.1, 0.15) is 24.1 Å². The number of nitrogens with one attached hydrogen (secondary N) is 3. The number of carbonyl (C=O) groups is 1. The lowest BCUT2D eigenvalue weighted by Gasteiger charge is -2.57. The standard InChI is InChI=1S/C51H58N8O8S/c1-31(2)36-7-4-5-8-37(36)38-9-6-10-42(38)58-29-51(30-58)18-21-57(22-19-51)34-11-12-39(44(24-34)67-45-23-33-15-20-53-48(33)55-40(45)27-52)49(60)56-68(64,65)35-25-43(59(62)63)47-46(26-35)66-28-41(54-47)32-13-16-50(3,61)17-14-32/h4-5,7-8,11-12,15,20,23-26,31-32,38,41-42,54,61H,6,9-10,13-14,16-19,21-22,28-30H2,1-3H3,(H,53,55)(H,56,60)/t32-,38-,41+,42-,50-/m0/s1. The van der Waals surface area contributed by atoms with E-state index in [-0.39, 0.29) is 58.2 Å². The van der Waals surface area contributed by atoms with E-state index in [4.69, 9.17) is 9.47 Å². The summed E-state index contributed by atoms with van der Waals surface area (Å²) in [6, 6.07) is 21.8. The van der Waals surface area contributed by atoms with Gasteiger partial charge >= 0.3 is 0 Å². The third kappa shape index (κ3) is 8.73. The first-order valence-corrected chi connectivity index (χ1v) is 25.4. The topological polar surface area (TPSA) is 216 Å². The number of rotatable bonds is 11. The van der Waals surface area contributed by atoms with E-state index in [2.05, 4.69) is 74.0 Å². The molecule has 0 bridgehead atoms. The largest absolute Gasteiger partial charge is 0.489 e. The number of sulfonamides is 1. The summed E-state index contributed by atoms with van der Waals surface area (Å²) in [6.45, 7) is 10.2. The van der Waals surface area contributed by atoms with Crippen LogP contribution in [0.2, 0.25) is 0 Å². The number of fused-ring (bicyclic) bond motifs is 2. The van der Waals surface area contributed by atoms with Crippen molar-refractivity contribution in [1.82, 2.24) is 19.6 Å². The predicted molar refractivity (Wildman–Crippen MR) is 257 cm³/mol. The lowest BCUT2D eigenvalue weighted by atomic mass is 9.70. The molecule has 5 aromatic rings. The first-order chi connectivity index (χ1) is 32.6. The second-order valence-corrected chi connectivity index (χ2v) is 22.0. The molecule has 3 aliphatic heterocycles. The van der Waals surface area contributed by atoms with Gasteiger partial charge in [0.25, 0.3) is 21.6 Å². The van der Waals surface area contributed by atoms with Crippen molar-refractivity contribution in [3.8, 4) is 23.3 Å². The Labute approximate surface area is 396 Å². The maximum atomic E-state index is 14.2. The molecule has 4 N–H and O–H groups in total. The van der Waals surface area contributed by atoms with Crippen LogP contribution in [0.5, 0.6) is 17.2 Å². The zero-order chi connectivity index (χ0) is 47.5. The van der Waals surface area contributed by atoms with E-state index < -0.39 is 37.0 Å². The number of carbonyl (C=O) groups excluding carboxylic acids is 1. The number of H-pyrrole nitrogens is 1. The van der Waals surface area contributed by atoms with E-state index in [0.29, 0.717) is 54.6 Å². The third-order valence-corrected chi connectivity index (χ3v) is 16.8. The fraction of sp³-hybridized carbons (Fsp3) is 0.471. The Bertz CT molecular complexity index is 2920. The molecule has 10 rings (SSSR count). The molecule has 17 heteroatoms. The van der Waals surface area contributed by atoms with Gasteiger partial charge in [-0.3, -0.25) is 19.8 Å². The van der Waals surface area contributed by atoms with Crippen LogP contribution in [0.3, 0.4) is 0 Å². The normalized spacial score (nSPS) is 24.7. The van der Waals surface area contributed by atoms with Crippen LogP contribution in [-0.4, -0.2) is 89.7 Å². The van der Waals surface area contributed by atoms with E-state index in [9.17, 15) is 33.7 Å². The highest BCUT2D eigenvalue weighted by Gasteiger charge is 2.49. The Morgan fingerprint density at radius 3 is 2.53 bits per heavy atom. The van der Waals surface area contributed by atoms with E-state index in [0.717, 1.165) is 50.8 Å². The number of benzene rings is 3. The Kier molecular flexibility index (Phi) is 11.9. The van der Waals surface area contributed by atoms with Crippen LogP contribution in [-0.2, 0) is 10.0 Å². The minimum Gasteiger partial charge on any atom is -0.489 e. The highest BCUT2D eigenvalue weighted by Crippen LogP contribution is 2.49. The number of nitro benzene ring substituents is 1. The molecular weight excluding hydrogens is 885 g/mol. The van der Waals surface area contributed by atoms with Crippen molar-refractivity contribution in [2.45, 2.75) is 113 Å². The maximum absolute atomic E-state index is 14.2. The molecule has 2 saturated carbocycles. The average molecular weight is 943 g/mol. The summed E-state index contributed by atoms with van der Waals surface area (Å²) in [7, 11) is -4.72. The number of anilines is 2. The fourth-order valence-electron chi connectivity index (χ4n) is 11.6. The second kappa shape index (κ2) is 17.7. The van der Waals surface area contributed by atoms with E-state index in [1.807, 2.05) is 0 Å². The number of hydrogen-bond acceptors (Lipinski definition) is 13. The first-order valence-electron chi connectivity index (χ1n) is 23.9. The molecule has 4 fully saturated rings. The van der Waals surface area contributed by atoms with Crippen LogP contribution in [0.4, 0.5) is 17.1 Å². The molecule has 356 valence electrons. The van der Waals surface area contributed by atoms with Crippen LogP contribution in [0.1, 0.15) is 118 Å². The Hall–Kier alpha value is -6.22. The molecule has 3 atom stereocenters. The molecule has 1 spiro atoms. The summed E-state index contributed by atoms with van der Waals surface area (Å²) in [5.41, 5.74) is 3.05. The number of nitro groups is 1. The molecule has 2 saturated heterocycles. The van der Waals surface area contributed by atoms with E-state index >= 15 is 0 Å². The van der Waals surface area contributed by atoms with Crippen molar-refractivity contribution in [3.05, 3.63) is 105 Å². The molecule has 0 unspecified atom stereocenters. The summed E-state index contributed by atoms with van der Waals surface area (Å²) < 4.78 is 42.5. The summed E-state index contributed by atoms with van der Waals surface area (Å²) in [5, 5.41) is 36.8. The number of ether oxygens (including phenoxy) is 2. The Morgan fingerprint density at radius 1 is 1.03 bits per heavy atom. The molecule has 5 heterocycles. The molecule has 1 amide bonds. The van der Waals surface area contributed by atoms with Gasteiger partial charge in [-0.25, -0.2) is 18.1 Å². The van der Waals surface area contributed by atoms with Crippen molar-refractivity contribution < 1.29 is 32.7 Å². The lowest BCUT2D eigenvalue weighted by Crippen LogP contribution is -2.63. The number of aromatic nitrogens is 2. The summed E-state index contributed by atoms with van der Waals surface area (Å²) in [4.78, 5) is 37.7. The number of nitriles is 1. The van der Waals surface area contributed by atoms with Gasteiger partial charge in [-0.2, -0.15) is 5.26 Å². The Morgan fingerprint density at radius 2 is 1.79 bits per heavy atom. The van der Waals surface area contributed by atoms with Gasteiger partial charge in [0.15, 0.2) is 22.9 Å². The van der Waals surface area contributed by atoms with Gasteiger partial charge in [0, 0.05) is 67.7 Å². The van der Waals surface area contributed by atoms with Crippen LogP contribution in [0, 0.1) is 32.8 Å². The van der Waals surface area contributed by atoms with Crippen LogP contribution in [0.15, 0.2) is 77.8 Å². The van der Waals surface area contributed by atoms with E-state index in [1.54, 1.807) is 37.4 Å². The maximum Gasteiger partial charge on any atom is 0.297 e. The second-order valence-electron chi connectivity index (χ2n) is 20.3. The summed E-state index contributed by atoms with van der Waals surface area (Å²) in [6.07, 6.45) is 9.92. The van der Waals surface area contributed by atoms with Gasteiger partial charge in [-0.15, -0.1) is 0 Å². The van der Waals surface area contributed by atoms with Crippen LogP contribution < -0.4 is 24.4 Å². The third-order valence-electron chi connectivity index (χ3n) is 15.5. The minimum atomic E-state index is -4.72. The van der Waals surface area contributed by atoms with E-state index in [1.165, 1.54) is 42.5 Å². The molecule has 2 aromatic heterocycles. The number of aromatic amines is 1. The fourth-order valence-corrected chi connectivity index (χ4v) is 12.6. The summed E-state index contributed by atoms with van der Waals surface area (Å²) >= 11 is 0. The molecule has 16 nitrogen and oxygen atoms in total. The lowest BCUT2D eigenvalue weighted by molar-refractivity contribution is -0.384. The SMILES string of the molecule is CC(C)c1ccccc1[C@@H]1CCC[C@@H]1N1CC2(CCN(c3ccc(C(=O)NS(=O)(=O)c4cc5c(c([N+](=O)[O-])c4)N[C@@H]([C@H]4CC[C@](C)(O)CC4)CO5)c(Oc4cc5cc[nH]c5nc4C#N)c3)CC2)C1. The highest BCUT2D eigenvalue weighted by atomic mass is 32.2. The first kappa shape index (κ1) is 45.6. The van der Waals surface area contributed by atoms with Gasteiger partial charge < -0.3 is 29.8 Å². The predicted octanol–water partition coefficient (Wildman–Crippen LogP) is 8.73. The monoisotopic (exact) mass is 942 g/mol. The molecule has 2 aliphatic carbocycles. The van der Waals surface area contributed by atoms with Crippen LogP contribution >= 0.6 is 0 Å². The van der Waals surface area contributed by atoms with Gasteiger partial charge in [0.05, 0.1) is 27.0 Å². The van der Waals surface area contributed by atoms with Gasteiger partial charge in [0.2, 0.25) is 0 Å². The number of piperidine rings is 1. The van der Waals surface area contributed by atoms with Crippen LogP contribution in [0.25, 0.3) is 11.0 Å². The minimum absolute atomic E-state index is 0.00617. The Balaban J connectivity index is 0.876.